The Morgan fingerprint density at radius 2 is 2.27 bits per heavy atom. The third-order valence-electron chi connectivity index (χ3n) is 2.33. The van der Waals surface area contributed by atoms with Crippen molar-refractivity contribution in [1.82, 2.24) is 0 Å². The maximum atomic E-state index is 13.3. The molecule has 15 heavy (non-hydrogen) atoms. The summed E-state index contributed by atoms with van der Waals surface area (Å²) >= 11 is 0. The van der Waals surface area contributed by atoms with Crippen molar-refractivity contribution in [2.45, 2.75) is 19.1 Å². The Morgan fingerprint density at radius 3 is 2.87 bits per heavy atom. The van der Waals surface area contributed by atoms with Gasteiger partial charge in [0.2, 0.25) is 0 Å². The molecule has 1 aliphatic heterocycles. The van der Waals surface area contributed by atoms with Crippen LogP contribution in [0.1, 0.15) is 18.6 Å². The van der Waals surface area contributed by atoms with Crippen LogP contribution in [0.5, 0.6) is 0 Å². The number of hydrogen-bond acceptors (Lipinski definition) is 2. The summed E-state index contributed by atoms with van der Waals surface area (Å²) in [5.74, 6) is -1.15. The molecule has 0 spiro atoms. The van der Waals surface area contributed by atoms with E-state index in [0.717, 1.165) is 6.07 Å². The van der Waals surface area contributed by atoms with Crippen molar-refractivity contribution in [3.8, 4) is 0 Å². The molecule has 1 aliphatic rings. The van der Waals surface area contributed by atoms with Crippen LogP contribution in [-0.4, -0.2) is 19.3 Å². The maximum Gasteiger partial charge on any atom is 0.131 e. The summed E-state index contributed by atoms with van der Waals surface area (Å²) in [5, 5.41) is 0. The van der Waals surface area contributed by atoms with Crippen LogP contribution in [0.15, 0.2) is 18.2 Å². The summed E-state index contributed by atoms with van der Waals surface area (Å²) in [6, 6.07) is 3.50. The molecule has 0 aromatic heterocycles. The Hall–Kier alpha value is -1.00. The number of hydrogen-bond donors (Lipinski definition) is 0. The molecule has 1 fully saturated rings. The first-order valence-electron chi connectivity index (χ1n) is 4.85. The zero-order valence-corrected chi connectivity index (χ0v) is 8.37. The molecule has 0 aliphatic carbocycles. The Morgan fingerprint density at radius 1 is 1.53 bits per heavy atom. The number of halogens is 2. The lowest BCUT2D eigenvalue weighted by Gasteiger charge is -2.13. The van der Waals surface area contributed by atoms with Gasteiger partial charge in [-0.05, 0) is 13.0 Å². The van der Waals surface area contributed by atoms with Gasteiger partial charge in [-0.3, -0.25) is 0 Å². The Balaban J connectivity index is 1.99. The van der Waals surface area contributed by atoms with Gasteiger partial charge in [-0.1, -0.05) is 6.07 Å². The van der Waals surface area contributed by atoms with Crippen LogP contribution < -0.4 is 0 Å². The van der Waals surface area contributed by atoms with E-state index in [1.54, 1.807) is 6.92 Å². The van der Waals surface area contributed by atoms with Gasteiger partial charge < -0.3 is 9.47 Å². The molecule has 1 saturated heterocycles. The number of rotatable bonds is 4. The predicted molar refractivity (Wildman–Crippen MR) is 50.5 cm³/mol. The monoisotopic (exact) mass is 214 g/mol. The standard InChI is InChI=1S/C11H12F2O2/c1-7(14-5-9-6-15-9)10-3-2-8(12)4-11(10)13/h2-4,7,9H,5-6H2,1H3/t7-,9+/m0/s1. The lowest BCUT2D eigenvalue weighted by molar-refractivity contribution is 0.0517. The minimum atomic E-state index is -0.575. The summed E-state index contributed by atoms with van der Waals surface area (Å²) < 4.78 is 36.3. The highest BCUT2D eigenvalue weighted by atomic mass is 19.1. The predicted octanol–water partition coefficient (Wildman–Crippen LogP) is 2.44. The van der Waals surface area contributed by atoms with Crippen LogP contribution >= 0.6 is 0 Å². The second kappa shape index (κ2) is 4.24. The lowest BCUT2D eigenvalue weighted by Crippen LogP contribution is -2.07. The van der Waals surface area contributed by atoms with Gasteiger partial charge in [0.15, 0.2) is 0 Å². The van der Waals surface area contributed by atoms with Gasteiger partial charge >= 0.3 is 0 Å². The van der Waals surface area contributed by atoms with Gasteiger partial charge in [-0.2, -0.15) is 0 Å². The molecule has 0 unspecified atom stereocenters. The summed E-state index contributed by atoms with van der Waals surface area (Å²) in [5.41, 5.74) is 0.372. The molecule has 2 atom stereocenters. The highest BCUT2D eigenvalue weighted by Gasteiger charge is 2.24. The molecular formula is C11H12F2O2. The minimum Gasteiger partial charge on any atom is -0.371 e. The molecular weight excluding hydrogens is 202 g/mol. The highest BCUT2D eigenvalue weighted by molar-refractivity contribution is 5.20. The van der Waals surface area contributed by atoms with Gasteiger partial charge in [-0.15, -0.1) is 0 Å². The number of epoxide rings is 1. The summed E-state index contributed by atoms with van der Waals surface area (Å²) in [4.78, 5) is 0. The van der Waals surface area contributed by atoms with Gasteiger partial charge in [-0.25, -0.2) is 8.78 Å². The SMILES string of the molecule is C[C@H](OC[C@@H]1CO1)c1ccc(F)cc1F. The molecule has 0 saturated carbocycles. The van der Waals surface area contributed by atoms with E-state index in [1.165, 1.54) is 12.1 Å². The average molecular weight is 214 g/mol. The van der Waals surface area contributed by atoms with Crippen LogP contribution in [0.3, 0.4) is 0 Å². The average Bonchev–Trinajstić information content (AvgIpc) is 2.97. The smallest absolute Gasteiger partial charge is 0.131 e. The Bertz CT molecular complexity index is 350. The molecule has 0 radical (unpaired) electrons. The van der Waals surface area contributed by atoms with Crippen LogP contribution in [0, 0.1) is 11.6 Å². The van der Waals surface area contributed by atoms with Crippen LogP contribution in [-0.2, 0) is 9.47 Å². The Kier molecular flexibility index (Phi) is 2.98. The zero-order chi connectivity index (χ0) is 10.8. The summed E-state index contributed by atoms with van der Waals surface area (Å²) in [6.07, 6.45) is -0.231. The second-order valence-electron chi connectivity index (χ2n) is 3.60. The van der Waals surface area contributed by atoms with E-state index in [0.29, 0.717) is 18.8 Å². The second-order valence-corrected chi connectivity index (χ2v) is 3.60. The molecule has 1 heterocycles. The molecule has 2 rings (SSSR count). The normalized spacial score (nSPS) is 21.4. The van der Waals surface area contributed by atoms with Crippen LogP contribution in [0.4, 0.5) is 8.78 Å². The number of benzene rings is 1. The third-order valence-corrected chi connectivity index (χ3v) is 2.33. The highest BCUT2D eigenvalue weighted by Crippen LogP contribution is 2.22. The maximum absolute atomic E-state index is 13.3. The van der Waals surface area contributed by atoms with Crippen molar-refractivity contribution >= 4 is 0 Å². The van der Waals surface area contributed by atoms with Crippen molar-refractivity contribution in [3.05, 3.63) is 35.4 Å². The van der Waals surface area contributed by atoms with E-state index in [2.05, 4.69) is 0 Å². The molecule has 0 N–H and O–H groups in total. The molecule has 0 amide bonds. The zero-order valence-electron chi connectivity index (χ0n) is 8.37. The van der Waals surface area contributed by atoms with Crippen molar-refractivity contribution in [2.24, 2.45) is 0 Å². The number of ether oxygens (including phenoxy) is 2. The van der Waals surface area contributed by atoms with Gasteiger partial charge in [0, 0.05) is 11.6 Å². The Labute approximate surface area is 86.8 Å². The molecule has 4 heteroatoms. The van der Waals surface area contributed by atoms with E-state index in [-0.39, 0.29) is 12.2 Å². The first-order chi connectivity index (χ1) is 7.16. The van der Waals surface area contributed by atoms with Gasteiger partial charge in [0.1, 0.15) is 17.7 Å². The molecule has 1 aromatic rings. The fourth-order valence-corrected chi connectivity index (χ4v) is 1.34. The van der Waals surface area contributed by atoms with Crippen LogP contribution in [0.2, 0.25) is 0 Å². The third kappa shape index (κ3) is 2.73. The topological polar surface area (TPSA) is 21.8 Å². The molecule has 82 valence electrons. The summed E-state index contributed by atoms with van der Waals surface area (Å²) in [6.45, 7) is 2.90. The van der Waals surface area contributed by atoms with Crippen molar-refractivity contribution in [1.29, 1.82) is 0 Å². The fraction of sp³-hybridized carbons (Fsp3) is 0.455. The quantitative estimate of drug-likeness (QED) is 0.718. The molecule has 0 bridgehead atoms. The lowest BCUT2D eigenvalue weighted by atomic mass is 10.1. The fourth-order valence-electron chi connectivity index (χ4n) is 1.34. The largest absolute Gasteiger partial charge is 0.371 e. The minimum absolute atomic E-state index is 0.149. The first kappa shape index (κ1) is 10.5. The van der Waals surface area contributed by atoms with E-state index < -0.39 is 11.6 Å². The van der Waals surface area contributed by atoms with Crippen molar-refractivity contribution < 1.29 is 18.3 Å². The van der Waals surface area contributed by atoms with Crippen molar-refractivity contribution in [3.63, 3.8) is 0 Å². The summed E-state index contributed by atoms with van der Waals surface area (Å²) in [7, 11) is 0. The molecule has 1 aromatic carbocycles. The van der Waals surface area contributed by atoms with E-state index >= 15 is 0 Å². The van der Waals surface area contributed by atoms with E-state index in [9.17, 15) is 8.78 Å². The van der Waals surface area contributed by atoms with Gasteiger partial charge in [0.25, 0.3) is 0 Å². The molecule has 2 nitrogen and oxygen atoms in total. The first-order valence-corrected chi connectivity index (χ1v) is 4.85. The van der Waals surface area contributed by atoms with Gasteiger partial charge in [0.05, 0.1) is 19.3 Å². The van der Waals surface area contributed by atoms with Crippen molar-refractivity contribution in [2.75, 3.05) is 13.2 Å². The van der Waals surface area contributed by atoms with E-state index in [1.807, 2.05) is 0 Å². The van der Waals surface area contributed by atoms with E-state index in [4.69, 9.17) is 9.47 Å². The van der Waals surface area contributed by atoms with Crippen LogP contribution in [0.25, 0.3) is 0 Å².